The van der Waals surface area contributed by atoms with Gasteiger partial charge in [0.25, 0.3) is 11.5 Å². The lowest BCUT2D eigenvalue weighted by atomic mass is 10.2. The summed E-state index contributed by atoms with van der Waals surface area (Å²) in [7, 11) is 0. The van der Waals surface area contributed by atoms with Crippen molar-refractivity contribution in [1.82, 2.24) is 24.3 Å². The fraction of sp³-hybridized carbons (Fsp3) is 0.238. The molecule has 140 valence electrons. The van der Waals surface area contributed by atoms with Crippen molar-refractivity contribution >= 4 is 22.6 Å². The molecule has 1 atom stereocenters. The smallest absolute Gasteiger partial charge is 0.270 e. The van der Waals surface area contributed by atoms with Crippen LogP contribution in [-0.4, -0.2) is 36.7 Å². The number of pyridine rings is 1. The minimum atomic E-state index is -0.339. The van der Waals surface area contributed by atoms with Gasteiger partial charge < -0.3 is 9.88 Å². The van der Waals surface area contributed by atoms with Gasteiger partial charge in [-0.2, -0.15) is 0 Å². The van der Waals surface area contributed by atoms with Crippen molar-refractivity contribution in [1.29, 1.82) is 0 Å². The largest absolute Gasteiger partial charge is 0.340 e. The summed E-state index contributed by atoms with van der Waals surface area (Å²) in [5.74, 6) is 0.466. The monoisotopic (exact) mass is 373 g/mol. The third-order valence-corrected chi connectivity index (χ3v) is 5.32. The second-order valence-electron chi connectivity index (χ2n) is 7.21. The van der Waals surface area contributed by atoms with E-state index in [9.17, 15) is 9.59 Å². The third-order valence-electron chi connectivity index (χ3n) is 5.32. The summed E-state index contributed by atoms with van der Waals surface area (Å²) < 4.78 is 1.44. The zero-order valence-corrected chi connectivity index (χ0v) is 15.4. The van der Waals surface area contributed by atoms with Crippen LogP contribution in [0.25, 0.3) is 16.7 Å². The first-order valence-electron chi connectivity index (χ1n) is 9.35. The first-order valence-corrected chi connectivity index (χ1v) is 9.35. The number of nitrogens with one attached hydrogen (secondary N) is 1. The topological polar surface area (TPSA) is 83.4 Å². The van der Waals surface area contributed by atoms with E-state index in [1.807, 2.05) is 37.3 Å². The molecule has 1 unspecified atom stereocenters. The Hall–Kier alpha value is -3.48. The van der Waals surface area contributed by atoms with Crippen LogP contribution in [0.3, 0.4) is 0 Å². The minimum Gasteiger partial charge on any atom is -0.340 e. The second kappa shape index (κ2) is 6.30. The molecule has 1 N–H and O–H groups in total. The molecule has 1 amide bonds. The number of nitrogens with zero attached hydrogens (tertiary/aromatic N) is 4. The molecule has 1 fully saturated rings. The van der Waals surface area contributed by atoms with Crippen LogP contribution < -0.4 is 5.56 Å². The number of carbonyl (C=O) groups is 1. The van der Waals surface area contributed by atoms with Gasteiger partial charge in [0.1, 0.15) is 17.0 Å². The van der Waals surface area contributed by atoms with E-state index in [1.54, 1.807) is 17.2 Å². The maximum Gasteiger partial charge on any atom is 0.270 e. The standard InChI is InChI=1S/C21H19N5O2/c1-13-8-9-18-22-11-14(21(28)26(18)12-13)20(27)25-10-4-7-17(25)19-23-15-5-2-3-6-16(15)24-19/h2-3,5-6,8-9,11-12,17H,4,7,10H2,1H3,(H,23,24). The quantitative estimate of drug-likeness (QED) is 0.586. The number of hydrogen-bond donors (Lipinski definition) is 1. The Morgan fingerprint density at radius 2 is 2.07 bits per heavy atom. The molecule has 4 aromatic rings. The highest BCUT2D eigenvalue weighted by molar-refractivity contribution is 5.94. The number of aromatic amines is 1. The lowest BCUT2D eigenvalue weighted by Crippen LogP contribution is -2.36. The number of para-hydroxylation sites is 2. The Bertz CT molecular complexity index is 1240. The maximum absolute atomic E-state index is 13.2. The molecule has 7 heteroatoms. The van der Waals surface area contributed by atoms with E-state index in [4.69, 9.17) is 0 Å². The lowest BCUT2D eigenvalue weighted by molar-refractivity contribution is 0.0728. The van der Waals surface area contributed by atoms with Gasteiger partial charge in [0, 0.05) is 18.9 Å². The van der Waals surface area contributed by atoms with Crippen LogP contribution >= 0.6 is 0 Å². The molecule has 0 saturated carbocycles. The highest BCUT2D eigenvalue weighted by Crippen LogP contribution is 2.32. The molecule has 0 aliphatic carbocycles. The average Bonchev–Trinajstić information content (AvgIpc) is 3.35. The van der Waals surface area contributed by atoms with Crippen LogP contribution in [0.2, 0.25) is 0 Å². The summed E-state index contributed by atoms with van der Waals surface area (Å²) in [6.45, 7) is 2.49. The number of amides is 1. The Labute approximate surface area is 160 Å². The summed E-state index contributed by atoms with van der Waals surface area (Å²) in [6, 6.07) is 11.3. The van der Waals surface area contributed by atoms with E-state index in [0.717, 1.165) is 35.3 Å². The zero-order chi connectivity index (χ0) is 19.3. The van der Waals surface area contributed by atoms with Crippen LogP contribution in [0.5, 0.6) is 0 Å². The summed E-state index contributed by atoms with van der Waals surface area (Å²) in [5.41, 5.74) is 3.03. The number of imidazole rings is 1. The van der Waals surface area contributed by atoms with Crippen molar-refractivity contribution in [3.63, 3.8) is 0 Å². The summed E-state index contributed by atoms with van der Waals surface area (Å²) in [6.07, 6.45) is 4.79. The number of fused-ring (bicyclic) bond motifs is 2. The van der Waals surface area contributed by atoms with E-state index in [2.05, 4.69) is 15.0 Å². The van der Waals surface area contributed by atoms with E-state index in [0.29, 0.717) is 12.2 Å². The van der Waals surface area contributed by atoms with Crippen LogP contribution in [0.15, 0.2) is 53.6 Å². The Balaban J connectivity index is 1.54. The number of benzene rings is 1. The molecule has 1 aliphatic rings. The van der Waals surface area contributed by atoms with Gasteiger partial charge >= 0.3 is 0 Å². The Morgan fingerprint density at radius 1 is 1.21 bits per heavy atom. The van der Waals surface area contributed by atoms with Gasteiger partial charge in [-0.1, -0.05) is 18.2 Å². The highest BCUT2D eigenvalue weighted by atomic mass is 16.2. The first kappa shape index (κ1) is 16.7. The van der Waals surface area contributed by atoms with E-state index >= 15 is 0 Å². The van der Waals surface area contributed by atoms with Gasteiger partial charge in [0.2, 0.25) is 0 Å². The molecule has 3 aromatic heterocycles. The number of aromatic nitrogens is 4. The van der Waals surface area contributed by atoms with Crippen molar-refractivity contribution in [2.75, 3.05) is 6.54 Å². The van der Waals surface area contributed by atoms with Gasteiger partial charge in [-0.25, -0.2) is 9.97 Å². The van der Waals surface area contributed by atoms with Crippen LogP contribution in [0.1, 0.15) is 40.6 Å². The fourth-order valence-electron chi connectivity index (χ4n) is 3.91. The number of aryl methyl sites for hydroxylation is 1. The Kier molecular flexibility index (Phi) is 3.75. The molecule has 5 rings (SSSR count). The molecule has 1 saturated heterocycles. The molecule has 1 aliphatic heterocycles. The van der Waals surface area contributed by atoms with E-state index < -0.39 is 0 Å². The van der Waals surface area contributed by atoms with Crippen molar-refractivity contribution in [2.24, 2.45) is 0 Å². The van der Waals surface area contributed by atoms with Crippen molar-refractivity contribution in [3.05, 3.63) is 76.1 Å². The third kappa shape index (κ3) is 2.58. The fourth-order valence-corrected chi connectivity index (χ4v) is 3.91. The van der Waals surface area contributed by atoms with Crippen LogP contribution in [0.4, 0.5) is 0 Å². The Morgan fingerprint density at radius 3 is 2.93 bits per heavy atom. The predicted octanol–water partition coefficient (Wildman–Crippen LogP) is 2.86. The van der Waals surface area contributed by atoms with E-state index in [1.165, 1.54) is 10.6 Å². The van der Waals surface area contributed by atoms with Crippen molar-refractivity contribution in [3.8, 4) is 0 Å². The molecular weight excluding hydrogens is 354 g/mol. The summed E-state index contributed by atoms with van der Waals surface area (Å²) in [4.78, 5) is 40.2. The molecule has 1 aromatic carbocycles. The molecule has 0 spiro atoms. The zero-order valence-electron chi connectivity index (χ0n) is 15.4. The van der Waals surface area contributed by atoms with Gasteiger partial charge in [0.05, 0.1) is 17.1 Å². The normalized spacial score (nSPS) is 16.9. The molecule has 28 heavy (non-hydrogen) atoms. The lowest BCUT2D eigenvalue weighted by Gasteiger charge is -2.23. The minimum absolute atomic E-state index is 0.0890. The summed E-state index contributed by atoms with van der Waals surface area (Å²) >= 11 is 0. The van der Waals surface area contributed by atoms with Crippen molar-refractivity contribution in [2.45, 2.75) is 25.8 Å². The van der Waals surface area contributed by atoms with Gasteiger partial charge in [-0.05, 0) is 43.5 Å². The molecule has 7 nitrogen and oxygen atoms in total. The number of likely N-dealkylation sites (tertiary alicyclic amines) is 1. The van der Waals surface area contributed by atoms with Crippen molar-refractivity contribution < 1.29 is 4.79 Å². The maximum atomic E-state index is 13.2. The number of carbonyl (C=O) groups excluding carboxylic acids is 1. The predicted molar refractivity (Wildman–Crippen MR) is 105 cm³/mol. The first-order chi connectivity index (χ1) is 13.6. The average molecular weight is 373 g/mol. The molecule has 0 radical (unpaired) electrons. The molecule has 4 heterocycles. The van der Waals surface area contributed by atoms with Crippen LogP contribution in [-0.2, 0) is 0 Å². The SMILES string of the molecule is Cc1ccc2ncc(C(=O)N3CCCC3c3nc4ccccc4[nH]3)c(=O)n2c1. The van der Waals surface area contributed by atoms with E-state index in [-0.39, 0.29) is 23.1 Å². The number of hydrogen-bond acceptors (Lipinski definition) is 4. The highest BCUT2D eigenvalue weighted by Gasteiger charge is 2.34. The molecule has 0 bridgehead atoms. The number of H-pyrrole nitrogens is 1. The van der Waals surface area contributed by atoms with Gasteiger partial charge in [-0.3, -0.25) is 14.0 Å². The number of rotatable bonds is 2. The second-order valence-corrected chi connectivity index (χ2v) is 7.21. The van der Waals surface area contributed by atoms with Gasteiger partial charge in [-0.15, -0.1) is 0 Å². The van der Waals surface area contributed by atoms with Crippen LogP contribution in [0, 0.1) is 6.92 Å². The molecular formula is C21H19N5O2. The summed E-state index contributed by atoms with van der Waals surface area (Å²) in [5, 5.41) is 0. The van der Waals surface area contributed by atoms with Gasteiger partial charge in [0.15, 0.2) is 0 Å².